The van der Waals surface area contributed by atoms with E-state index in [0.717, 1.165) is 19.4 Å². The highest BCUT2D eigenvalue weighted by Gasteiger charge is 2.08. The summed E-state index contributed by atoms with van der Waals surface area (Å²) in [5.41, 5.74) is 9.77. The van der Waals surface area contributed by atoms with Crippen molar-refractivity contribution in [3.05, 3.63) is 35.5 Å². The summed E-state index contributed by atoms with van der Waals surface area (Å²) in [6.07, 6.45) is 4.25. The molecule has 2 nitrogen and oxygen atoms in total. The van der Waals surface area contributed by atoms with Crippen molar-refractivity contribution in [3.8, 4) is 0 Å². The molecule has 1 aromatic heterocycles. The van der Waals surface area contributed by atoms with Crippen molar-refractivity contribution in [2.45, 2.75) is 19.8 Å². The number of para-hydroxylation sites is 1. The van der Waals surface area contributed by atoms with Crippen LogP contribution < -0.4 is 5.73 Å². The van der Waals surface area contributed by atoms with Gasteiger partial charge in [0.25, 0.3) is 0 Å². The molecule has 2 rings (SSSR count). The second-order valence-electron chi connectivity index (χ2n) is 3.97. The van der Waals surface area contributed by atoms with E-state index in [9.17, 15) is 0 Å². The van der Waals surface area contributed by atoms with Gasteiger partial charge in [-0.25, -0.2) is 0 Å². The average molecular weight is 202 g/mol. The van der Waals surface area contributed by atoms with Crippen LogP contribution in [-0.2, 0) is 19.9 Å². The van der Waals surface area contributed by atoms with Gasteiger partial charge in [0.1, 0.15) is 0 Å². The molecule has 0 amide bonds. The predicted molar refractivity (Wildman–Crippen MR) is 65.1 cm³/mol. The first kappa shape index (κ1) is 10.2. The Bertz CT molecular complexity index is 469. The zero-order valence-electron chi connectivity index (χ0n) is 9.46. The third kappa shape index (κ3) is 1.65. The van der Waals surface area contributed by atoms with E-state index in [1.54, 1.807) is 0 Å². The molecule has 0 fully saturated rings. The number of nitrogens with two attached hydrogens (primary N) is 1. The fourth-order valence-corrected chi connectivity index (χ4v) is 2.27. The first-order valence-electron chi connectivity index (χ1n) is 5.53. The second-order valence-corrected chi connectivity index (χ2v) is 3.97. The molecule has 0 aliphatic heterocycles. The molecular formula is C13H18N2. The zero-order valence-corrected chi connectivity index (χ0v) is 9.46. The summed E-state index contributed by atoms with van der Waals surface area (Å²) < 4.78 is 2.22. The van der Waals surface area contributed by atoms with Crippen LogP contribution in [0.3, 0.4) is 0 Å². The lowest BCUT2D eigenvalue weighted by molar-refractivity contribution is 0.923. The summed E-state index contributed by atoms with van der Waals surface area (Å²) in [6.45, 7) is 2.92. The van der Waals surface area contributed by atoms with E-state index < -0.39 is 0 Å². The van der Waals surface area contributed by atoms with Crippen LogP contribution in [0.2, 0.25) is 0 Å². The Morgan fingerprint density at radius 1 is 1.27 bits per heavy atom. The lowest BCUT2D eigenvalue weighted by Gasteiger charge is -2.03. The van der Waals surface area contributed by atoms with Gasteiger partial charge in [0.15, 0.2) is 0 Å². The van der Waals surface area contributed by atoms with Gasteiger partial charge in [0, 0.05) is 18.6 Å². The van der Waals surface area contributed by atoms with E-state index in [1.165, 1.54) is 22.0 Å². The van der Waals surface area contributed by atoms with Crippen LogP contribution in [0.5, 0.6) is 0 Å². The highest BCUT2D eigenvalue weighted by molar-refractivity contribution is 5.86. The van der Waals surface area contributed by atoms with Gasteiger partial charge < -0.3 is 10.3 Å². The summed E-state index contributed by atoms with van der Waals surface area (Å²) in [5.74, 6) is 0. The minimum absolute atomic E-state index is 0.718. The maximum Gasteiger partial charge on any atom is 0.0512 e. The molecule has 0 bridgehead atoms. The Labute approximate surface area is 90.7 Å². The minimum Gasteiger partial charge on any atom is -0.350 e. The predicted octanol–water partition coefficient (Wildman–Crippen LogP) is 2.24. The molecule has 0 spiro atoms. The standard InChI is InChI=1S/C13H18N2/c1-3-10-5-4-6-12-11(7-8-14)9-15(2)13(10)12/h4-6,9H,3,7-8,14H2,1-2H3. The number of hydrogen-bond donors (Lipinski definition) is 1. The van der Waals surface area contributed by atoms with E-state index in [4.69, 9.17) is 5.73 Å². The smallest absolute Gasteiger partial charge is 0.0512 e. The van der Waals surface area contributed by atoms with E-state index in [-0.39, 0.29) is 0 Å². The third-order valence-corrected chi connectivity index (χ3v) is 2.96. The van der Waals surface area contributed by atoms with Crippen LogP contribution in [0.1, 0.15) is 18.1 Å². The van der Waals surface area contributed by atoms with Crippen LogP contribution in [0, 0.1) is 0 Å². The first-order valence-corrected chi connectivity index (χ1v) is 5.53. The number of benzene rings is 1. The Balaban J connectivity index is 2.68. The van der Waals surface area contributed by atoms with Crippen molar-refractivity contribution in [2.75, 3.05) is 6.54 Å². The summed E-state index contributed by atoms with van der Waals surface area (Å²) >= 11 is 0. The first-order chi connectivity index (χ1) is 7.27. The monoisotopic (exact) mass is 202 g/mol. The Morgan fingerprint density at radius 2 is 2.07 bits per heavy atom. The summed E-state index contributed by atoms with van der Waals surface area (Å²) in [6, 6.07) is 6.54. The van der Waals surface area contributed by atoms with Crippen LogP contribution in [0.25, 0.3) is 10.9 Å². The molecule has 15 heavy (non-hydrogen) atoms. The van der Waals surface area contributed by atoms with Gasteiger partial charge in [-0.05, 0) is 30.5 Å². The van der Waals surface area contributed by atoms with Gasteiger partial charge in [-0.15, -0.1) is 0 Å². The molecule has 1 heterocycles. The van der Waals surface area contributed by atoms with Gasteiger partial charge in [-0.1, -0.05) is 25.1 Å². The number of aromatic nitrogens is 1. The Kier molecular flexibility index (Phi) is 2.78. The van der Waals surface area contributed by atoms with Crippen molar-refractivity contribution >= 4 is 10.9 Å². The Hall–Kier alpha value is -1.28. The van der Waals surface area contributed by atoms with E-state index >= 15 is 0 Å². The number of fused-ring (bicyclic) bond motifs is 1. The molecule has 80 valence electrons. The highest BCUT2D eigenvalue weighted by atomic mass is 14.9. The molecule has 2 heteroatoms. The Morgan fingerprint density at radius 3 is 2.73 bits per heavy atom. The van der Waals surface area contributed by atoms with Gasteiger partial charge >= 0.3 is 0 Å². The normalized spacial score (nSPS) is 11.1. The molecule has 2 N–H and O–H groups in total. The minimum atomic E-state index is 0.718. The summed E-state index contributed by atoms with van der Waals surface area (Å²) in [4.78, 5) is 0. The number of hydrogen-bond acceptors (Lipinski definition) is 1. The van der Waals surface area contributed by atoms with E-state index in [1.807, 2.05) is 0 Å². The van der Waals surface area contributed by atoms with Gasteiger partial charge in [-0.3, -0.25) is 0 Å². The number of nitrogens with zero attached hydrogens (tertiary/aromatic N) is 1. The summed E-state index contributed by atoms with van der Waals surface area (Å²) in [7, 11) is 2.11. The van der Waals surface area contributed by atoms with Crippen molar-refractivity contribution in [1.82, 2.24) is 4.57 Å². The molecule has 0 atom stereocenters. The topological polar surface area (TPSA) is 30.9 Å². The fourth-order valence-electron chi connectivity index (χ4n) is 2.27. The zero-order chi connectivity index (χ0) is 10.8. The highest BCUT2D eigenvalue weighted by Crippen LogP contribution is 2.24. The molecule has 1 aromatic carbocycles. The van der Waals surface area contributed by atoms with Gasteiger partial charge in [0.05, 0.1) is 5.52 Å². The third-order valence-electron chi connectivity index (χ3n) is 2.96. The largest absolute Gasteiger partial charge is 0.350 e. The molecule has 2 aromatic rings. The molecule has 0 saturated carbocycles. The molecule has 0 unspecified atom stereocenters. The summed E-state index contributed by atoms with van der Waals surface area (Å²) in [5, 5.41) is 1.36. The van der Waals surface area contributed by atoms with Crippen LogP contribution in [-0.4, -0.2) is 11.1 Å². The van der Waals surface area contributed by atoms with Crippen molar-refractivity contribution < 1.29 is 0 Å². The van der Waals surface area contributed by atoms with E-state index in [0.29, 0.717) is 0 Å². The van der Waals surface area contributed by atoms with E-state index in [2.05, 4.69) is 42.9 Å². The molecule has 0 saturated heterocycles. The molecule has 0 aliphatic rings. The fraction of sp³-hybridized carbons (Fsp3) is 0.385. The lowest BCUT2D eigenvalue weighted by atomic mass is 10.1. The average Bonchev–Trinajstić information content (AvgIpc) is 2.57. The van der Waals surface area contributed by atoms with Crippen molar-refractivity contribution in [2.24, 2.45) is 12.8 Å². The molecule has 0 aliphatic carbocycles. The van der Waals surface area contributed by atoms with Crippen LogP contribution in [0.4, 0.5) is 0 Å². The molecular weight excluding hydrogens is 184 g/mol. The van der Waals surface area contributed by atoms with Crippen LogP contribution >= 0.6 is 0 Å². The van der Waals surface area contributed by atoms with Crippen molar-refractivity contribution in [1.29, 1.82) is 0 Å². The van der Waals surface area contributed by atoms with Crippen LogP contribution in [0.15, 0.2) is 24.4 Å². The quantitative estimate of drug-likeness (QED) is 0.813. The maximum atomic E-state index is 5.62. The maximum absolute atomic E-state index is 5.62. The van der Waals surface area contributed by atoms with Crippen molar-refractivity contribution in [3.63, 3.8) is 0 Å². The number of rotatable bonds is 3. The van der Waals surface area contributed by atoms with Gasteiger partial charge in [-0.2, -0.15) is 0 Å². The lowest BCUT2D eigenvalue weighted by Crippen LogP contribution is -2.01. The van der Waals surface area contributed by atoms with Gasteiger partial charge in [0.2, 0.25) is 0 Å². The number of aryl methyl sites for hydroxylation is 2. The molecule has 0 radical (unpaired) electrons. The SMILES string of the molecule is CCc1cccc2c(CCN)cn(C)c12. The second kappa shape index (κ2) is 4.07.